The number of halogens is 1. The molecule has 26 heavy (non-hydrogen) atoms. The van der Waals surface area contributed by atoms with Crippen LogP contribution in [0, 0.1) is 5.82 Å². The molecule has 1 amide bonds. The highest BCUT2D eigenvalue weighted by molar-refractivity contribution is 5.92. The maximum absolute atomic E-state index is 14.0. The van der Waals surface area contributed by atoms with Crippen molar-refractivity contribution in [2.45, 2.75) is 18.8 Å². The number of carboxylic acids is 1. The quantitative estimate of drug-likeness (QED) is 0.827. The zero-order chi connectivity index (χ0) is 18.5. The molecule has 0 saturated carbocycles. The number of fused-ring (bicyclic) bond motifs is 1. The third-order valence-corrected chi connectivity index (χ3v) is 4.02. The van der Waals surface area contributed by atoms with Gasteiger partial charge in [0.05, 0.1) is 6.42 Å². The summed E-state index contributed by atoms with van der Waals surface area (Å²) in [7, 11) is 0. The van der Waals surface area contributed by atoms with Gasteiger partial charge in [0.2, 0.25) is 5.91 Å². The van der Waals surface area contributed by atoms with Crippen molar-refractivity contribution in [1.29, 1.82) is 0 Å². The second-order valence-electron chi connectivity index (χ2n) is 5.93. The SMILES string of the molecule is O=C(O)CC(CC(=O)Nc1ccc2c(c1)OCCO2)c1ccccc1F. The van der Waals surface area contributed by atoms with Crippen LogP contribution in [0.2, 0.25) is 0 Å². The van der Waals surface area contributed by atoms with Crippen LogP contribution in [-0.2, 0) is 9.59 Å². The average molecular weight is 359 g/mol. The molecule has 2 aromatic rings. The molecule has 0 aromatic heterocycles. The Morgan fingerprint density at radius 3 is 2.54 bits per heavy atom. The van der Waals surface area contributed by atoms with Crippen LogP contribution in [-0.4, -0.2) is 30.2 Å². The van der Waals surface area contributed by atoms with E-state index in [2.05, 4.69) is 5.32 Å². The molecule has 3 rings (SSSR count). The normalized spacial score (nSPS) is 13.7. The number of anilines is 1. The average Bonchev–Trinajstić information content (AvgIpc) is 2.61. The summed E-state index contributed by atoms with van der Waals surface area (Å²) in [6.45, 7) is 0.899. The lowest BCUT2D eigenvalue weighted by molar-refractivity contribution is -0.137. The lowest BCUT2D eigenvalue weighted by atomic mass is 9.91. The fourth-order valence-corrected chi connectivity index (χ4v) is 2.87. The number of rotatable bonds is 6. The van der Waals surface area contributed by atoms with Crippen molar-refractivity contribution < 1.29 is 28.6 Å². The molecule has 0 fully saturated rings. The minimum Gasteiger partial charge on any atom is -0.486 e. The van der Waals surface area contributed by atoms with Crippen molar-refractivity contribution in [3.8, 4) is 11.5 Å². The fourth-order valence-electron chi connectivity index (χ4n) is 2.87. The van der Waals surface area contributed by atoms with Gasteiger partial charge in [0.15, 0.2) is 11.5 Å². The van der Waals surface area contributed by atoms with Gasteiger partial charge < -0.3 is 19.9 Å². The molecule has 2 N–H and O–H groups in total. The van der Waals surface area contributed by atoms with Gasteiger partial charge in [0.25, 0.3) is 0 Å². The topological polar surface area (TPSA) is 84.9 Å². The summed E-state index contributed by atoms with van der Waals surface area (Å²) < 4.78 is 24.9. The third-order valence-electron chi connectivity index (χ3n) is 4.02. The predicted octanol–water partition coefficient (Wildman–Crippen LogP) is 3.18. The van der Waals surface area contributed by atoms with E-state index in [1.54, 1.807) is 24.3 Å². The van der Waals surface area contributed by atoms with E-state index < -0.39 is 23.6 Å². The van der Waals surface area contributed by atoms with Crippen LogP contribution >= 0.6 is 0 Å². The number of amides is 1. The Kier molecular flexibility index (Phi) is 5.36. The standard InChI is InChI=1S/C19H18FNO5/c20-15-4-2-1-3-14(15)12(10-19(23)24)9-18(22)21-13-5-6-16-17(11-13)26-8-7-25-16/h1-6,11-12H,7-10H2,(H,21,22)(H,23,24). The summed E-state index contributed by atoms with van der Waals surface area (Å²) in [5.41, 5.74) is 0.717. The molecule has 0 aliphatic carbocycles. The Bertz CT molecular complexity index is 823. The summed E-state index contributed by atoms with van der Waals surface area (Å²) in [5, 5.41) is 11.8. The van der Waals surface area contributed by atoms with Gasteiger partial charge in [-0.15, -0.1) is 0 Å². The molecule has 1 aliphatic rings. The van der Waals surface area contributed by atoms with Crippen molar-refractivity contribution in [2.75, 3.05) is 18.5 Å². The molecule has 136 valence electrons. The van der Waals surface area contributed by atoms with E-state index in [-0.39, 0.29) is 18.4 Å². The molecule has 1 aliphatic heterocycles. The van der Waals surface area contributed by atoms with Gasteiger partial charge in [0, 0.05) is 24.1 Å². The summed E-state index contributed by atoms with van der Waals surface area (Å²) in [5.74, 6) is -1.65. The molecule has 7 heteroatoms. The van der Waals surface area contributed by atoms with Gasteiger partial charge in [-0.2, -0.15) is 0 Å². The van der Waals surface area contributed by atoms with Crippen LogP contribution in [0.1, 0.15) is 24.3 Å². The summed E-state index contributed by atoms with van der Waals surface area (Å²) in [6, 6.07) is 10.9. The lowest BCUT2D eigenvalue weighted by Gasteiger charge is -2.19. The molecule has 0 radical (unpaired) electrons. The molecule has 1 atom stereocenters. The van der Waals surface area contributed by atoms with E-state index in [4.69, 9.17) is 14.6 Å². The summed E-state index contributed by atoms with van der Waals surface area (Å²) in [4.78, 5) is 23.5. The Labute approximate surface area is 149 Å². The van der Waals surface area contributed by atoms with E-state index in [1.165, 1.54) is 18.2 Å². The zero-order valence-electron chi connectivity index (χ0n) is 13.9. The Hall–Kier alpha value is -3.09. The smallest absolute Gasteiger partial charge is 0.303 e. The van der Waals surface area contributed by atoms with E-state index in [0.717, 1.165) is 0 Å². The summed E-state index contributed by atoms with van der Waals surface area (Å²) in [6.07, 6.45) is -0.489. The number of hydrogen-bond donors (Lipinski definition) is 2. The number of carboxylic acid groups (broad SMARTS) is 1. The molecular formula is C19H18FNO5. The number of ether oxygens (including phenoxy) is 2. The van der Waals surface area contributed by atoms with Crippen molar-refractivity contribution in [3.63, 3.8) is 0 Å². The highest BCUT2D eigenvalue weighted by Crippen LogP contribution is 2.33. The predicted molar refractivity (Wildman–Crippen MR) is 92.1 cm³/mol. The number of hydrogen-bond acceptors (Lipinski definition) is 4. The van der Waals surface area contributed by atoms with Crippen LogP contribution in [0.5, 0.6) is 11.5 Å². The number of carbonyl (C=O) groups is 2. The number of carbonyl (C=O) groups excluding carboxylic acids is 1. The summed E-state index contributed by atoms with van der Waals surface area (Å²) >= 11 is 0. The first-order valence-electron chi connectivity index (χ1n) is 8.18. The van der Waals surface area contributed by atoms with E-state index >= 15 is 0 Å². The van der Waals surface area contributed by atoms with Gasteiger partial charge in [-0.25, -0.2) is 4.39 Å². The molecular weight excluding hydrogens is 341 g/mol. The van der Waals surface area contributed by atoms with Crippen molar-refractivity contribution >= 4 is 17.6 Å². The Morgan fingerprint density at radius 2 is 1.81 bits per heavy atom. The van der Waals surface area contributed by atoms with Crippen LogP contribution in [0.4, 0.5) is 10.1 Å². The minimum atomic E-state index is -1.09. The first-order chi connectivity index (χ1) is 12.5. The zero-order valence-corrected chi connectivity index (χ0v) is 13.9. The second-order valence-corrected chi connectivity index (χ2v) is 5.93. The van der Waals surface area contributed by atoms with Crippen molar-refractivity contribution in [1.82, 2.24) is 0 Å². The number of nitrogens with one attached hydrogen (secondary N) is 1. The van der Waals surface area contributed by atoms with Crippen LogP contribution in [0.3, 0.4) is 0 Å². The molecule has 0 saturated heterocycles. The highest BCUT2D eigenvalue weighted by Gasteiger charge is 2.22. The van der Waals surface area contributed by atoms with Gasteiger partial charge in [-0.05, 0) is 23.8 Å². The fraction of sp³-hybridized carbons (Fsp3) is 0.263. The first-order valence-corrected chi connectivity index (χ1v) is 8.18. The lowest BCUT2D eigenvalue weighted by Crippen LogP contribution is -2.19. The largest absolute Gasteiger partial charge is 0.486 e. The number of benzene rings is 2. The van der Waals surface area contributed by atoms with Crippen molar-refractivity contribution in [3.05, 3.63) is 53.8 Å². The molecule has 0 spiro atoms. The van der Waals surface area contributed by atoms with E-state index in [1.807, 2.05) is 0 Å². The molecule has 1 heterocycles. The van der Waals surface area contributed by atoms with Crippen molar-refractivity contribution in [2.24, 2.45) is 0 Å². The van der Waals surface area contributed by atoms with Gasteiger partial charge >= 0.3 is 5.97 Å². The third kappa shape index (κ3) is 4.30. The molecule has 2 aromatic carbocycles. The van der Waals surface area contributed by atoms with Crippen LogP contribution in [0.15, 0.2) is 42.5 Å². The minimum absolute atomic E-state index is 0.151. The number of aliphatic carboxylic acids is 1. The Morgan fingerprint density at radius 1 is 1.08 bits per heavy atom. The van der Waals surface area contributed by atoms with E-state index in [0.29, 0.717) is 30.4 Å². The molecule has 0 bridgehead atoms. The molecule has 6 nitrogen and oxygen atoms in total. The van der Waals surface area contributed by atoms with E-state index in [9.17, 15) is 14.0 Å². The highest BCUT2D eigenvalue weighted by atomic mass is 19.1. The van der Waals surface area contributed by atoms with Gasteiger partial charge in [0.1, 0.15) is 19.0 Å². The Balaban J connectivity index is 1.72. The maximum atomic E-state index is 14.0. The molecule has 1 unspecified atom stereocenters. The van der Waals surface area contributed by atoms with Gasteiger partial charge in [-0.1, -0.05) is 18.2 Å². The van der Waals surface area contributed by atoms with Gasteiger partial charge in [-0.3, -0.25) is 9.59 Å². The monoisotopic (exact) mass is 359 g/mol. The first kappa shape index (κ1) is 17.7. The maximum Gasteiger partial charge on any atom is 0.303 e. The van der Waals surface area contributed by atoms with Crippen LogP contribution in [0.25, 0.3) is 0 Å². The second kappa shape index (κ2) is 7.86. The van der Waals surface area contributed by atoms with Crippen LogP contribution < -0.4 is 14.8 Å².